The Morgan fingerprint density at radius 1 is 0.970 bits per heavy atom. The lowest BCUT2D eigenvalue weighted by Gasteiger charge is -2.21. The Hall–Kier alpha value is -3.36. The second-order valence-electron chi connectivity index (χ2n) is 8.00. The Morgan fingerprint density at radius 3 is 2.30 bits per heavy atom. The minimum atomic E-state index is -3.79. The van der Waals surface area contributed by atoms with Crippen molar-refractivity contribution in [2.75, 3.05) is 6.61 Å². The van der Waals surface area contributed by atoms with E-state index in [1.807, 2.05) is 6.07 Å². The second kappa shape index (κ2) is 9.64. The molecule has 33 heavy (non-hydrogen) atoms. The molecule has 1 atom stereocenters. The fraction of sp³-hybridized carbons (Fsp3) is 0.240. The fourth-order valence-electron chi connectivity index (χ4n) is 4.12. The molecule has 0 saturated heterocycles. The van der Waals surface area contributed by atoms with Crippen molar-refractivity contribution in [1.29, 1.82) is 0 Å². The molecule has 0 amide bonds. The van der Waals surface area contributed by atoms with Crippen LogP contribution in [0.15, 0.2) is 71.6 Å². The number of hydrogen-bond donors (Lipinski definition) is 3. The highest BCUT2D eigenvalue weighted by Crippen LogP contribution is 2.35. The number of carboxylic acids is 1. The van der Waals surface area contributed by atoms with Crippen LogP contribution in [0, 0.1) is 0 Å². The van der Waals surface area contributed by atoms with Gasteiger partial charge in [-0.25, -0.2) is 17.9 Å². The van der Waals surface area contributed by atoms with E-state index in [9.17, 15) is 18.3 Å². The van der Waals surface area contributed by atoms with Crippen LogP contribution in [0.3, 0.4) is 0 Å². The molecule has 0 bridgehead atoms. The molecule has 3 aromatic rings. The number of ether oxygens (including phenoxy) is 1. The molecule has 0 radical (unpaired) electrons. The number of fused-ring (bicyclic) bond motifs is 1. The molecule has 0 fully saturated rings. The maximum atomic E-state index is 13.2. The molecule has 1 unspecified atom stereocenters. The zero-order chi connectivity index (χ0) is 23.4. The van der Waals surface area contributed by atoms with Gasteiger partial charge in [-0.2, -0.15) is 0 Å². The van der Waals surface area contributed by atoms with Crippen LogP contribution in [0.25, 0.3) is 11.1 Å². The predicted octanol–water partition coefficient (Wildman–Crippen LogP) is 4.27. The predicted molar refractivity (Wildman–Crippen MR) is 124 cm³/mol. The van der Waals surface area contributed by atoms with E-state index in [1.165, 1.54) is 0 Å². The lowest BCUT2D eigenvalue weighted by molar-refractivity contribution is -0.139. The number of aliphatic carboxylic acids is 1. The van der Waals surface area contributed by atoms with Crippen LogP contribution in [-0.2, 0) is 21.2 Å². The summed E-state index contributed by atoms with van der Waals surface area (Å²) in [5, 5.41) is 18.4. The molecule has 7 nitrogen and oxygen atoms in total. The lowest BCUT2D eigenvalue weighted by atomic mass is 9.99. The average Bonchev–Trinajstić information content (AvgIpc) is 3.00. The van der Waals surface area contributed by atoms with Gasteiger partial charge in [0.25, 0.3) is 0 Å². The number of aromatic hydroxyl groups is 1. The molecule has 0 aliphatic heterocycles. The van der Waals surface area contributed by atoms with E-state index in [2.05, 4.69) is 4.72 Å². The SMILES string of the molecule is O=C(O)COc1cccc2c1CCCCC2NS(=O)(=O)c1ccc(-c2ccc(O)cc2)cc1. The number of hydrogen-bond acceptors (Lipinski definition) is 5. The summed E-state index contributed by atoms with van der Waals surface area (Å²) in [6.45, 7) is -0.444. The van der Waals surface area contributed by atoms with Crippen LogP contribution in [0.5, 0.6) is 11.5 Å². The van der Waals surface area contributed by atoms with Crippen LogP contribution in [0.1, 0.15) is 36.4 Å². The largest absolute Gasteiger partial charge is 0.508 e. The van der Waals surface area contributed by atoms with E-state index in [0.29, 0.717) is 18.6 Å². The van der Waals surface area contributed by atoms with E-state index in [1.54, 1.807) is 60.7 Å². The monoisotopic (exact) mass is 467 g/mol. The Bertz CT molecular complexity index is 1240. The van der Waals surface area contributed by atoms with E-state index in [-0.39, 0.29) is 10.6 Å². The summed E-state index contributed by atoms with van der Waals surface area (Å²) in [7, 11) is -3.79. The van der Waals surface area contributed by atoms with Crippen molar-refractivity contribution in [1.82, 2.24) is 4.72 Å². The molecule has 3 N–H and O–H groups in total. The van der Waals surface area contributed by atoms with Crippen molar-refractivity contribution in [2.45, 2.75) is 36.6 Å². The highest BCUT2D eigenvalue weighted by Gasteiger charge is 2.26. The first-order chi connectivity index (χ1) is 15.8. The maximum Gasteiger partial charge on any atom is 0.341 e. The number of carbonyl (C=O) groups is 1. The third kappa shape index (κ3) is 5.35. The van der Waals surface area contributed by atoms with Gasteiger partial charge in [-0.1, -0.05) is 42.8 Å². The third-order valence-corrected chi connectivity index (χ3v) is 7.22. The topological polar surface area (TPSA) is 113 Å². The maximum absolute atomic E-state index is 13.2. The molecule has 172 valence electrons. The van der Waals surface area contributed by atoms with E-state index in [0.717, 1.165) is 35.1 Å². The highest BCUT2D eigenvalue weighted by atomic mass is 32.2. The van der Waals surface area contributed by atoms with E-state index < -0.39 is 28.6 Å². The van der Waals surface area contributed by atoms with Gasteiger partial charge in [0.2, 0.25) is 10.0 Å². The third-order valence-electron chi connectivity index (χ3n) is 5.73. The zero-order valence-electron chi connectivity index (χ0n) is 17.9. The standard InChI is InChI=1S/C25H25NO6S/c27-19-12-8-17(9-13-19)18-10-14-20(15-11-18)33(30,31)26-23-6-2-1-4-22-21(23)5-3-7-24(22)32-16-25(28)29/h3,5,7-15,23,26-27H,1-2,4,6,16H2,(H,28,29). The summed E-state index contributed by atoms with van der Waals surface area (Å²) < 4.78 is 34.6. The summed E-state index contributed by atoms with van der Waals surface area (Å²) in [4.78, 5) is 11.1. The Kier molecular flexibility index (Phi) is 6.67. The molecule has 8 heteroatoms. The molecule has 0 spiro atoms. The number of phenolic OH excluding ortho intramolecular Hbond substituents is 1. The van der Waals surface area contributed by atoms with Crippen LogP contribution in [0.2, 0.25) is 0 Å². The number of phenols is 1. The van der Waals surface area contributed by atoms with Gasteiger partial charge in [0.05, 0.1) is 4.90 Å². The second-order valence-corrected chi connectivity index (χ2v) is 9.71. The number of benzene rings is 3. The van der Waals surface area contributed by atoms with Gasteiger partial charge >= 0.3 is 5.97 Å². The fourth-order valence-corrected chi connectivity index (χ4v) is 5.37. The summed E-state index contributed by atoms with van der Waals surface area (Å²) in [6.07, 6.45) is 3.03. The van der Waals surface area contributed by atoms with Crippen molar-refractivity contribution in [3.8, 4) is 22.6 Å². The molecule has 4 rings (SSSR count). The molecule has 0 saturated carbocycles. The molecule has 0 heterocycles. The average molecular weight is 468 g/mol. The Labute approximate surface area is 192 Å². The Morgan fingerprint density at radius 2 is 1.64 bits per heavy atom. The number of sulfonamides is 1. The van der Waals surface area contributed by atoms with Crippen LogP contribution < -0.4 is 9.46 Å². The van der Waals surface area contributed by atoms with Gasteiger partial charge < -0.3 is 14.9 Å². The molecule has 0 aromatic heterocycles. The van der Waals surface area contributed by atoms with Crippen molar-refractivity contribution in [3.63, 3.8) is 0 Å². The zero-order valence-corrected chi connectivity index (χ0v) is 18.7. The van der Waals surface area contributed by atoms with Crippen LogP contribution >= 0.6 is 0 Å². The smallest absolute Gasteiger partial charge is 0.341 e. The van der Waals surface area contributed by atoms with Crippen molar-refractivity contribution >= 4 is 16.0 Å². The minimum Gasteiger partial charge on any atom is -0.508 e. The Balaban J connectivity index is 1.57. The van der Waals surface area contributed by atoms with Crippen molar-refractivity contribution < 1.29 is 28.2 Å². The normalized spacial score (nSPS) is 15.9. The lowest BCUT2D eigenvalue weighted by Crippen LogP contribution is -2.29. The summed E-state index contributed by atoms with van der Waals surface area (Å²) in [5.74, 6) is -0.407. The first-order valence-corrected chi connectivity index (χ1v) is 12.2. The highest BCUT2D eigenvalue weighted by molar-refractivity contribution is 7.89. The van der Waals surface area contributed by atoms with E-state index >= 15 is 0 Å². The first-order valence-electron chi connectivity index (χ1n) is 10.7. The number of carboxylic acid groups (broad SMARTS) is 1. The quantitative estimate of drug-likeness (QED) is 0.447. The molecular formula is C25H25NO6S. The summed E-state index contributed by atoms with van der Waals surface area (Å²) in [6, 6.07) is 18.2. The molecule has 1 aliphatic carbocycles. The molecular weight excluding hydrogens is 442 g/mol. The summed E-state index contributed by atoms with van der Waals surface area (Å²) >= 11 is 0. The number of rotatable bonds is 7. The van der Waals surface area contributed by atoms with E-state index in [4.69, 9.17) is 9.84 Å². The minimum absolute atomic E-state index is 0.161. The van der Waals surface area contributed by atoms with Crippen molar-refractivity contribution in [2.24, 2.45) is 0 Å². The van der Waals surface area contributed by atoms with Gasteiger partial charge in [0.1, 0.15) is 11.5 Å². The van der Waals surface area contributed by atoms with Crippen LogP contribution in [-0.4, -0.2) is 31.2 Å². The van der Waals surface area contributed by atoms with Crippen molar-refractivity contribution in [3.05, 3.63) is 77.9 Å². The first kappa shape index (κ1) is 22.8. The van der Waals surface area contributed by atoms with Gasteiger partial charge in [-0.15, -0.1) is 0 Å². The van der Waals surface area contributed by atoms with Gasteiger partial charge in [0, 0.05) is 6.04 Å². The van der Waals surface area contributed by atoms with Crippen LogP contribution in [0.4, 0.5) is 0 Å². The molecule has 3 aromatic carbocycles. The molecule has 1 aliphatic rings. The summed E-state index contributed by atoms with van der Waals surface area (Å²) in [5.41, 5.74) is 3.39. The van der Waals surface area contributed by atoms with Gasteiger partial charge in [-0.3, -0.25) is 0 Å². The van der Waals surface area contributed by atoms with Gasteiger partial charge in [0.15, 0.2) is 6.61 Å². The van der Waals surface area contributed by atoms with Gasteiger partial charge in [-0.05, 0) is 71.8 Å². The number of nitrogens with one attached hydrogen (secondary N) is 1.